The van der Waals surface area contributed by atoms with Gasteiger partial charge in [0.2, 0.25) is 9.04 Å². The van der Waals surface area contributed by atoms with E-state index in [4.69, 9.17) is 8.85 Å². The molecular weight excluding hydrogens is 412 g/mol. The molecule has 0 aliphatic carbocycles. The molecular formula is C27H33O2Si2. The quantitative estimate of drug-likeness (QED) is 0.519. The van der Waals surface area contributed by atoms with Crippen LogP contribution in [0.25, 0.3) is 0 Å². The maximum absolute atomic E-state index is 6.38. The first-order chi connectivity index (χ1) is 15.4. The van der Waals surface area contributed by atoms with Gasteiger partial charge in [-0.3, -0.25) is 0 Å². The summed E-state index contributed by atoms with van der Waals surface area (Å²) in [5.74, 6) is 0. The third kappa shape index (κ3) is 6.04. The van der Waals surface area contributed by atoms with E-state index in [0.29, 0.717) is 0 Å². The maximum Gasteiger partial charge on any atom is 0.255 e. The highest BCUT2D eigenvalue weighted by Crippen LogP contribution is 2.22. The molecule has 2 aliphatic rings. The van der Waals surface area contributed by atoms with Gasteiger partial charge in [-0.2, -0.15) is 0 Å². The minimum Gasteiger partial charge on any atom is -0.416 e. The van der Waals surface area contributed by atoms with Crippen LogP contribution in [-0.2, 0) is 14.9 Å². The second kappa shape index (κ2) is 11.6. The van der Waals surface area contributed by atoms with E-state index in [9.17, 15) is 0 Å². The zero-order valence-electron chi connectivity index (χ0n) is 18.3. The van der Waals surface area contributed by atoms with E-state index in [1.54, 1.807) is 0 Å². The van der Waals surface area contributed by atoms with E-state index in [1.165, 1.54) is 59.8 Å². The van der Waals surface area contributed by atoms with Crippen LogP contribution in [0.15, 0.2) is 91.0 Å². The standard InChI is InChI=1S/C16H18OSi.C11H15OSi/c1-3-9-15(10-4-1)18(14-8-7-13-17-18)16-11-5-2-6-12-16;1-2-6-11(7-3-1)10-13-9-5-4-8-12-13/h1-6,9-12H,7-8,13-14H2;1-3,6-7H,4-5,8-10H2. The Balaban J connectivity index is 0.000000158. The van der Waals surface area contributed by atoms with Gasteiger partial charge >= 0.3 is 0 Å². The second-order valence-electron chi connectivity index (χ2n) is 8.37. The van der Waals surface area contributed by atoms with Crippen molar-refractivity contribution in [3.05, 3.63) is 96.6 Å². The smallest absolute Gasteiger partial charge is 0.255 e. The van der Waals surface area contributed by atoms with Crippen molar-refractivity contribution in [3.8, 4) is 0 Å². The molecule has 31 heavy (non-hydrogen) atoms. The molecule has 2 fully saturated rings. The fourth-order valence-corrected chi connectivity index (χ4v) is 10.8. The highest BCUT2D eigenvalue weighted by Gasteiger charge is 2.40. The van der Waals surface area contributed by atoms with Crippen LogP contribution in [0.1, 0.15) is 31.2 Å². The highest BCUT2D eigenvalue weighted by molar-refractivity contribution is 6.97. The first-order valence-corrected chi connectivity index (χ1v) is 15.6. The number of hydrogen-bond acceptors (Lipinski definition) is 2. The van der Waals surface area contributed by atoms with E-state index in [2.05, 4.69) is 91.0 Å². The second-order valence-corrected chi connectivity index (χ2v) is 14.2. The van der Waals surface area contributed by atoms with E-state index in [1.807, 2.05) is 0 Å². The summed E-state index contributed by atoms with van der Waals surface area (Å²) < 4.78 is 12.2. The van der Waals surface area contributed by atoms with Crippen LogP contribution in [0.2, 0.25) is 12.1 Å². The molecule has 0 bridgehead atoms. The molecule has 0 saturated carbocycles. The largest absolute Gasteiger partial charge is 0.416 e. The Morgan fingerprint density at radius 3 is 1.74 bits per heavy atom. The molecule has 3 aromatic rings. The third-order valence-corrected chi connectivity index (χ3v) is 12.8. The van der Waals surface area contributed by atoms with Crippen LogP contribution in [0, 0.1) is 0 Å². The van der Waals surface area contributed by atoms with Crippen molar-refractivity contribution >= 4 is 27.7 Å². The van der Waals surface area contributed by atoms with Gasteiger partial charge in [-0.15, -0.1) is 0 Å². The summed E-state index contributed by atoms with van der Waals surface area (Å²) in [5.41, 5.74) is 1.44. The molecule has 0 unspecified atom stereocenters. The first-order valence-electron chi connectivity index (χ1n) is 11.6. The van der Waals surface area contributed by atoms with E-state index >= 15 is 0 Å². The Morgan fingerprint density at radius 1 is 0.645 bits per heavy atom. The molecule has 2 saturated heterocycles. The van der Waals surface area contributed by atoms with Gasteiger partial charge in [-0.05, 0) is 46.9 Å². The van der Waals surface area contributed by atoms with Gasteiger partial charge in [0, 0.05) is 13.2 Å². The third-order valence-electron chi connectivity index (χ3n) is 6.15. The van der Waals surface area contributed by atoms with E-state index in [0.717, 1.165) is 13.2 Å². The molecule has 0 aromatic heterocycles. The van der Waals surface area contributed by atoms with Crippen LogP contribution in [0.4, 0.5) is 0 Å². The molecule has 0 atom stereocenters. The molecule has 0 N–H and O–H groups in total. The first kappa shape index (κ1) is 22.2. The monoisotopic (exact) mass is 445 g/mol. The summed E-state index contributed by atoms with van der Waals surface area (Å²) >= 11 is 0. The summed E-state index contributed by atoms with van der Waals surface area (Å²) in [6.45, 7) is 1.91. The molecule has 0 spiro atoms. The van der Waals surface area contributed by atoms with Gasteiger partial charge in [-0.25, -0.2) is 0 Å². The predicted molar refractivity (Wildman–Crippen MR) is 134 cm³/mol. The Labute approximate surface area is 190 Å². The number of rotatable bonds is 4. The fourth-order valence-electron chi connectivity index (χ4n) is 4.51. The van der Waals surface area contributed by atoms with Crippen molar-refractivity contribution < 1.29 is 8.85 Å². The van der Waals surface area contributed by atoms with Crippen LogP contribution in [-0.4, -0.2) is 30.6 Å². The SMILES string of the molecule is c1ccc(C[Si]2CCCCO2)cc1.c1ccc([Si]2(c3ccccc3)CCCCO2)cc1. The molecule has 3 aromatic carbocycles. The van der Waals surface area contributed by atoms with Gasteiger partial charge in [-0.1, -0.05) is 104 Å². The van der Waals surface area contributed by atoms with E-state index in [-0.39, 0.29) is 0 Å². The normalized spacial score (nSPS) is 18.6. The predicted octanol–water partition coefficient (Wildman–Crippen LogP) is 5.13. The Bertz CT molecular complexity index is 833. The molecule has 161 valence electrons. The summed E-state index contributed by atoms with van der Waals surface area (Å²) in [6.07, 6.45) is 5.13. The van der Waals surface area contributed by atoms with Crippen LogP contribution in [0.3, 0.4) is 0 Å². The Morgan fingerprint density at radius 2 is 1.23 bits per heavy atom. The topological polar surface area (TPSA) is 18.5 Å². The lowest BCUT2D eigenvalue weighted by molar-refractivity contribution is 0.284. The van der Waals surface area contributed by atoms with Crippen molar-refractivity contribution in [1.82, 2.24) is 0 Å². The fraction of sp³-hybridized carbons (Fsp3) is 0.333. The van der Waals surface area contributed by atoms with Crippen molar-refractivity contribution in [1.29, 1.82) is 0 Å². The lowest BCUT2D eigenvalue weighted by Gasteiger charge is -2.35. The van der Waals surface area contributed by atoms with Crippen molar-refractivity contribution in [3.63, 3.8) is 0 Å². The van der Waals surface area contributed by atoms with Crippen molar-refractivity contribution in [2.45, 2.75) is 43.8 Å². The van der Waals surface area contributed by atoms with Crippen LogP contribution in [0.5, 0.6) is 0 Å². The minimum atomic E-state index is -1.93. The Kier molecular flexibility index (Phi) is 8.30. The molecule has 5 rings (SSSR count). The molecule has 1 radical (unpaired) electrons. The van der Waals surface area contributed by atoms with Gasteiger partial charge in [0.15, 0.2) is 0 Å². The average molecular weight is 446 g/mol. The summed E-state index contributed by atoms with van der Waals surface area (Å²) in [7, 11) is -2.44. The van der Waals surface area contributed by atoms with E-state index < -0.39 is 17.4 Å². The molecule has 2 heterocycles. The van der Waals surface area contributed by atoms with Gasteiger partial charge in [0.05, 0.1) is 0 Å². The summed E-state index contributed by atoms with van der Waals surface area (Å²) in [4.78, 5) is 0. The van der Waals surface area contributed by atoms with Crippen LogP contribution >= 0.6 is 0 Å². The maximum atomic E-state index is 6.38. The number of hydrogen-bond donors (Lipinski definition) is 0. The molecule has 0 amide bonds. The summed E-state index contributed by atoms with van der Waals surface area (Å²) in [6, 6.07) is 36.1. The number of benzene rings is 3. The van der Waals surface area contributed by atoms with Crippen LogP contribution < -0.4 is 10.4 Å². The van der Waals surface area contributed by atoms with Gasteiger partial charge in [0.25, 0.3) is 8.32 Å². The molecule has 2 aliphatic heterocycles. The van der Waals surface area contributed by atoms with Crippen molar-refractivity contribution in [2.24, 2.45) is 0 Å². The lowest BCUT2D eigenvalue weighted by atomic mass is 10.2. The molecule has 2 nitrogen and oxygen atoms in total. The van der Waals surface area contributed by atoms with Gasteiger partial charge in [0.1, 0.15) is 0 Å². The van der Waals surface area contributed by atoms with Crippen molar-refractivity contribution in [2.75, 3.05) is 13.2 Å². The minimum absolute atomic E-state index is 0.500. The highest BCUT2D eigenvalue weighted by atomic mass is 28.4. The zero-order valence-corrected chi connectivity index (χ0v) is 20.3. The van der Waals surface area contributed by atoms with Gasteiger partial charge < -0.3 is 8.85 Å². The average Bonchev–Trinajstić information content (AvgIpc) is 2.87. The zero-order chi connectivity index (χ0) is 21.2. The summed E-state index contributed by atoms with van der Waals surface area (Å²) in [5, 5.41) is 2.83. The lowest BCUT2D eigenvalue weighted by Crippen LogP contribution is -2.62. The Hall–Kier alpha value is -1.99. The molecule has 4 heteroatoms.